The summed E-state index contributed by atoms with van der Waals surface area (Å²) in [5.74, 6) is -0.514. The molecule has 0 aromatic rings. The van der Waals surface area contributed by atoms with Crippen LogP contribution in [0.25, 0.3) is 0 Å². The molecule has 0 spiro atoms. The third-order valence-corrected chi connectivity index (χ3v) is 4.49. The number of rotatable bonds is 4. The minimum Gasteiger partial charge on any atom is -0.394 e. The number of carbonyl (C=O) groups is 2. The van der Waals surface area contributed by atoms with Crippen LogP contribution in [0.5, 0.6) is 0 Å². The third kappa shape index (κ3) is 2.77. The van der Waals surface area contributed by atoms with E-state index in [1.54, 1.807) is 6.92 Å². The molecule has 122 valence electrons. The van der Waals surface area contributed by atoms with E-state index < -0.39 is 40.9 Å². The fraction of sp³-hybridized carbons (Fsp3) is 0.818. The second-order valence-corrected chi connectivity index (χ2v) is 6.81. The van der Waals surface area contributed by atoms with Crippen LogP contribution in [0.2, 0.25) is 0 Å². The number of urea groups is 1. The Bertz CT molecular complexity index is 523. The molecule has 5 unspecified atom stereocenters. The standard InChI is InChI=1S/C11H16BrN5O5/c1-11(12)8(19)14-10(20)17(9(11)21-2)7-3-5(15-16-13)6(4-18)22-7/h5-7,9,13,18H,3-4H2,1-2H3/p+1. The maximum Gasteiger partial charge on any atom is 0.328 e. The van der Waals surface area contributed by atoms with Gasteiger partial charge in [-0.3, -0.25) is 15.0 Å². The highest BCUT2D eigenvalue weighted by molar-refractivity contribution is 9.10. The van der Waals surface area contributed by atoms with Gasteiger partial charge in [-0.25, -0.2) is 4.79 Å². The molecule has 3 N–H and O–H groups in total. The molecule has 2 heterocycles. The van der Waals surface area contributed by atoms with Crippen LogP contribution in [0.1, 0.15) is 13.3 Å². The van der Waals surface area contributed by atoms with Crippen molar-refractivity contribution in [1.29, 1.82) is 5.53 Å². The SMILES string of the molecule is COC1N(C2CC(N=[N+]=N)C(CO)O2)C(=O)NC(=O)C1(C)Br. The van der Waals surface area contributed by atoms with Gasteiger partial charge in [0.15, 0.2) is 12.3 Å². The zero-order valence-electron chi connectivity index (χ0n) is 12.0. The number of hydrogen-bond acceptors (Lipinski definition) is 7. The number of imide groups is 1. The van der Waals surface area contributed by atoms with Gasteiger partial charge in [0.25, 0.3) is 0 Å². The molecule has 11 heteroatoms. The Morgan fingerprint density at radius 1 is 1.68 bits per heavy atom. The van der Waals surface area contributed by atoms with Gasteiger partial charge in [-0.15, -0.1) is 0 Å². The summed E-state index contributed by atoms with van der Waals surface area (Å²) in [5, 5.41) is 15.2. The van der Waals surface area contributed by atoms with Crippen molar-refractivity contribution in [3.8, 4) is 0 Å². The molecule has 5 atom stereocenters. The Morgan fingerprint density at radius 2 is 2.36 bits per heavy atom. The van der Waals surface area contributed by atoms with Gasteiger partial charge in [0.2, 0.25) is 10.8 Å². The molecule has 0 bridgehead atoms. The molecule has 2 aliphatic heterocycles. The molecule has 2 fully saturated rings. The Kier molecular flexibility index (Phi) is 4.93. The van der Waals surface area contributed by atoms with Crippen LogP contribution in [0, 0.1) is 5.53 Å². The molecule has 2 rings (SSSR count). The maximum absolute atomic E-state index is 12.2. The van der Waals surface area contributed by atoms with Crippen molar-refractivity contribution in [1.82, 2.24) is 15.1 Å². The number of hydrogen-bond donors (Lipinski definition) is 3. The van der Waals surface area contributed by atoms with Crippen molar-refractivity contribution >= 4 is 27.9 Å². The van der Waals surface area contributed by atoms with Crippen molar-refractivity contribution in [3.05, 3.63) is 0 Å². The fourth-order valence-corrected chi connectivity index (χ4v) is 3.13. The average molecular weight is 379 g/mol. The van der Waals surface area contributed by atoms with Gasteiger partial charge in [-0.2, -0.15) is 0 Å². The van der Waals surface area contributed by atoms with Crippen LogP contribution in [0.15, 0.2) is 5.11 Å². The van der Waals surface area contributed by atoms with Crippen LogP contribution < -0.4 is 10.2 Å². The van der Waals surface area contributed by atoms with Crippen LogP contribution in [0.4, 0.5) is 4.79 Å². The zero-order chi connectivity index (χ0) is 16.5. The highest BCUT2D eigenvalue weighted by atomic mass is 79.9. The Morgan fingerprint density at radius 3 is 2.91 bits per heavy atom. The fourth-order valence-electron chi connectivity index (χ4n) is 2.63. The predicted molar refractivity (Wildman–Crippen MR) is 74.9 cm³/mol. The molecule has 10 nitrogen and oxygen atoms in total. The molecule has 0 aromatic heterocycles. The number of aliphatic hydroxyl groups excluding tert-OH is 1. The second kappa shape index (κ2) is 6.39. The van der Waals surface area contributed by atoms with Gasteiger partial charge in [-0.1, -0.05) is 15.9 Å². The molecule has 0 radical (unpaired) electrons. The van der Waals surface area contributed by atoms with Crippen molar-refractivity contribution in [3.63, 3.8) is 0 Å². The summed E-state index contributed by atoms with van der Waals surface area (Å²) in [4.78, 5) is 28.3. The molecule has 2 saturated heterocycles. The summed E-state index contributed by atoms with van der Waals surface area (Å²) in [5.41, 5.74) is 6.80. The normalized spacial score (nSPS) is 38.6. The molecule has 0 aliphatic carbocycles. The molecule has 22 heavy (non-hydrogen) atoms. The number of ether oxygens (including phenoxy) is 2. The molecule has 0 saturated carbocycles. The van der Waals surface area contributed by atoms with E-state index in [0.29, 0.717) is 0 Å². The Balaban J connectivity index is 2.28. The van der Waals surface area contributed by atoms with E-state index >= 15 is 0 Å². The number of aliphatic hydroxyl groups is 1. The highest BCUT2D eigenvalue weighted by Crippen LogP contribution is 2.35. The number of carbonyl (C=O) groups excluding carboxylic acids is 2. The summed E-state index contributed by atoms with van der Waals surface area (Å²) in [6, 6.07) is -1.20. The number of alkyl halides is 1. The minimum atomic E-state index is -1.15. The van der Waals surface area contributed by atoms with Crippen molar-refractivity contribution in [2.75, 3.05) is 13.7 Å². The molecule has 0 aromatic carbocycles. The first kappa shape index (κ1) is 17.0. The first-order valence-corrected chi connectivity index (χ1v) is 7.34. The average Bonchev–Trinajstić information content (AvgIpc) is 2.85. The second-order valence-electron chi connectivity index (χ2n) is 5.16. The lowest BCUT2D eigenvalue weighted by Gasteiger charge is -2.44. The molecule has 2 aliphatic rings. The summed E-state index contributed by atoms with van der Waals surface area (Å²) in [6.07, 6.45) is -2.10. The van der Waals surface area contributed by atoms with Crippen LogP contribution in [-0.2, 0) is 14.3 Å². The molecular weight excluding hydrogens is 362 g/mol. The van der Waals surface area contributed by atoms with E-state index in [-0.39, 0.29) is 13.0 Å². The van der Waals surface area contributed by atoms with Gasteiger partial charge < -0.3 is 14.6 Å². The number of nitrogens with one attached hydrogen (secondary N) is 2. The smallest absolute Gasteiger partial charge is 0.328 e. The quantitative estimate of drug-likeness (QED) is 0.349. The summed E-state index contributed by atoms with van der Waals surface area (Å²) >= 11 is 3.27. The van der Waals surface area contributed by atoms with Crippen LogP contribution in [-0.4, -0.2) is 64.6 Å². The highest BCUT2D eigenvalue weighted by Gasteiger charge is 2.54. The minimum absolute atomic E-state index is 0.234. The van der Waals surface area contributed by atoms with E-state index in [9.17, 15) is 14.7 Å². The topological polar surface area (TPSA) is 138 Å². The lowest BCUT2D eigenvalue weighted by molar-refractivity contribution is -0.153. The summed E-state index contributed by atoms with van der Waals surface area (Å²) in [6.45, 7) is 1.26. The van der Waals surface area contributed by atoms with Gasteiger partial charge in [0.1, 0.15) is 27.3 Å². The van der Waals surface area contributed by atoms with Crippen molar-refractivity contribution < 1.29 is 24.2 Å². The first-order valence-electron chi connectivity index (χ1n) is 6.55. The van der Waals surface area contributed by atoms with Crippen molar-refractivity contribution in [2.24, 2.45) is 5.11 Å². The Hall–Kier alpha value is -1.39. The third-order valence-electron chi connectivity index (χ3n) is 3.74. The van der Waals surface area contributed by atoms with Gasteiger partial charge >= 0.3 is 6.03 Å². The van der Waals surface area contributed by atoms with Crippen LogP contribution in [0.3, 0.4) is 0 Å². The number of amides is 3. The first-order chi connectivity index (χ1) is 10.4. The van der Waals surface area contributed by atoms with E-state index in [0.717, 1.165) is 0 Å². The summed E-state index contributed by atoms with van der Waals surface area (Å²) in [7, 11) is 1.38. The van der Waals surface area contributed by atoms with E-state index in [2.05, 4.69) is 31.3 Å². The van der Waals surface area contributed by atoms with E-state index in [1.807, 2.05) is 0 Å². The van der Waals surface area contributed by atoms with Crippen LogP contribution >= 0.6 is 15.9 Å². The Labute approximate surface area is 134 Å². The maximum atomic E-state index is 12.2. The lowest BCUT2D eigenvalue weighted by atomic mass is 10.0. The zero-order valence-corrected chi connectivity index (χ0v) is 13.6. The number of nitrogens with zero attached hydrogens (tertiary/aromatic N) is 3. The van der Waals surface area contributed by atoms with Crippen molar-refractivity contribution in [2.45, 2.75) is 42.3 Å². The van der Waals surface area contributed by atoms with E-state index in [4.69, 9.17) is 15.0 Å². The molecular formula is C11H17BrN5O5+. The van der Waals surface area contributed by atoms with Gasteiger partial charge in [0, 0.05) is 13.5 Å². The lowest BCUT2D eigenvalue weighted by Crippen LogP contribution is -2.69. The predicted octanol–water partition coefficient (Wildman–Crippen LogP) is -0.309. The summed E-state index contributed by atoms with van der Waals surface area (Å²) < 4.78 is 9.76. The van der Waals surface area contributed by atoms with Gasteiger partial charge in [0.05, 0.1) is 6.61 Å². The number of methoxy groups -OCH3 is 1. The number of halogens is 1. The monoisotopic (exact) mass is 378 g/mol. The largest absolute Gasteiger partial charge is 0.394 e. The molecule has 3 amide bonds. The van der Waals surface area contributed by atoms with Gasteiger partial charge in [-0.05, 0) is 6.92 Å². The van der Waals surface area contributed by atoms with E-state index in [1.165, 1.54) is 12.0 Å².